The van der Waals surface area contributed by atoms with Crippen molar-refractivity contribution in [2.75, 3.05) is 23.8 Å². The third-order valence-electron chi connectivity index (χ3n) is 5.13. The lowest BCUT2D eigenvalue weighted by atomic mass is 10.2. The summed E-state index contributed by atoms with van der Waals surface area (Å²) in [5.41, 5.74) is 1.81. The molecule has 1 unspecified atom stereocenters. The third-order valence-corrected chi connectivity index (χ3v) is 8.99. The molecule has 1 aromatic heterocycles. The average Bonchev–Trinajstić information content (AvgIpc) is 3.27. The van der Waals surface area contributed by atoms with E-state index in [9.17, 15) is 12.6 Å². The van der Waals surface area contributed by atoms with Gasteiger partial charge < -0.3 is 4.90 Å². The Morgan fingerprint density at radius 1 is 1.14 bits per heavy atom. The van der Waals surface area contributed by atoms with E-state index in [0.717, 1.165) is 30.8 Å². The van der Waals surface area contributed by atoms with E-state index in [0.29, 0.717) is 29.6 Å². The maximum atomic E-state index is 11.3. The van der Waals surface area contributed by atoms with Crippen LogP contribution in [0.15, 0.2) is 46.3 Å². The number of rotatable bonds is 10. The highest BCUT2D eigenvalue weighted by molar-refractivity contribution is 8.03. The van der Waals surface area contributed by atoms with Crippen LogP contribution in [0.5, 0.6) is 0 Å². The molecule has 35 heavy (non-hydrogen) atoms. The van der Waals surface area contributed by atoms with Crippen LogP contribution < -0.4 is 9.47 Å². The van der Waals surface area contributed by atoms with Gasteiger partial charge in [0.15, 0.2) is 6.54 Å². The Labute approximate surface area is 223 Å². The van der Waals surface area contributed by atoms with E-state index in [1.807, 2.05) is 41.0 Å². The fourth-order valence-corrected chi connectivity index (χ4v) is 7.06. The first-order valence-electron chi connectivity index (χ1n) is 10.4. The first kappa shape index (κ1) is 26.8. The second kappa shape index (κ2) is 11.4. The van der Waals surface area contributed by atoms with E-state index in [2.05, 4.69) is 4.90 Å². The van der Waals surface area contributed by atoms with E-state index >= 15 is 0 Å². The number of thioether (sulfide) groups is 1. The minimum absolute atomic E-state index is 0.116. The summed E-state index contributed by atoms with van der Waals surface area (Å²) in [6, 6.07) is 11.2. The van der Waals surface area contributed by atoms with E-state index in [4.69, 9.17) is 36.5 Å². The molecule has 0 amide bonds. The number of thiazole rings is 1. The summed E-state index contributed by atoms with van der Waals surface area (Å²) in [5.74, 6) is -0.342. The molecule has 1 aliphatic heterocycles. The standard InChI is InChI=1S/C21H20Cl2N2O6S4/c22-14-3-5-18-16(11-14)24(7-1-9-31-34(26)27)20(32-18)13-21-25(8-2-10-35(28,29)30)17-12-15(23)4-6-19(17)33-21/h3-6,11-13H,1-2,7-10H2,(H-,26,27,28,29,30)/p+1. The smallest absolute Gasteiger partial charge is 0.301 e. The van der Waals surface area contributed by atoms with Crippen molar-refractivity contribution >= 4 is 89.8 Å². The first-order valence-corrected chi connectivity index (χ1v) is 15.4. The molecule has 14 heteroatoms. The molecule has 8 nitrogen and oxygen atoms in total. The Kier molecular flexibility index (Phi) is 8.78. The summed E-state index contributed by atoms with van der Waals surface area (Å²) in [6.45, 7) is 1.02. The summed E-state index contributed by atoms with van der Waals surface area (Å²) in [6.07, 6.45) is 2.77. The van der Waals surface area contributed by atoms with E-state index in [1.165, 1.54) is 0 Å². The Bertz CT molecular complexity index is 1410. The van der Waals surface area contributed by atoms with Crippen molar-refractivity contribution in [2.24, 2.45) is 0 Å². The predicted octanol–water partition coefficient (Wildman–Crippen LogP) is 5.23. The monoisotopic (exact) mass is 595 g/mol. The lowest BCUT2D eigenvalue weighted by Gasteiger charge is -2.20. The molecule has 2 aromatic carbocycles. The zero-order valence-electron chi connectivity index (χ0n) is 18.1. The number of aryl methyl sites for hydroxylation is 1. The van der Waals surface area contributed by atoms with Crippen LogP contribution in [-0.2, 0) is 32.2 Å². The fraction of sp³-hybridized carbons (Fsp3) is 0.286. The quantitative estimate of drug-likeness (QED) is 0.142. The second-order valence-corrected chi connectivity index (χ2v) is 12.8. The Balaban J connectivity index is 1.70. The van der Waals surface area contributed by atoms with Gasteiger partial charge in [-0.1, -0.05) is 46.3 Å². The molecule has 4 rings (SSSR count). The largest absolute Gasteiger partial charge is 0.335 e. The summed E-state index contributed by atoms with van der Waals surface area (Å²) >= 11 is 13.3. The molecular formula is C21H21Cl2N2O6S4+. The molecule has 0 spiro atoms. The normalized spacial score (nSPS) is 15.8. The van der Waals surface area contributed by atoms with Gasteiger partial charge in [-0.15, -0.1) is 0 Å². The van der Waals surface area contributed by atoms with E-state index < -0.39 is 21.5 Å². The lowest BCUT2D eigenvalue weighted by Crippen LogP contribution is -2.36. The molecule has 0 saturated carbocycles. The van der Waals surface area contributed by atoms with Crippen molar-refractivity contribution in [3.05, 3.63) is 56.5 Å². The van der Waals surface area contributed by atoms with Crippen LogP contribution >= 0.6 is 46.3 Å². The lowest BCUT2D eigenvalue weighted by molar-refractivity contribution is -0.668. The number of hydrogen-bond acceptors (Lipinski definition) is 7. The number of benzene rings is 2. The van der Waals surface area contributed by atoms with Gasteiger partial charge in [0.25, 0.3) is 15.1 Å². The van der Waals surface area contributed by atoms with Crippen molar-refractivity contribution in [1.82, 2.24) is 0 Å². The van der Waals surface area contributed by atoms with Crippen molar-refractivity contribution in [1.29, 1.82) is 0 Å². The average molecular weight is 597 g/mol. The second-order valence-electron chi connectivity index (χ2n) is 7.58. The van der Waals surface area contributed by atoms with Gasteiger partial charge in [-0.25, -0.2) is 0 Å². The predicted molar refractivity (Wildman–Crippen MR) is 142 cm³/mol. The van der Waals surface area contributed by atoms with Gasteiger partial charge in [-0.3, -0.25) is 13.3 Å². The number of anilines is 1. The molecule has 1 aliphatic rings. The molecular weight excluding hydrogens is 575 g/mol. The van der Waals surface area contributed by atoms with Crippen LogP contribution in [0.25, 0.3) is 16.3 Å². The summed E-state index contributed by atoms with van der Waals surface area (Å²) < 4.78 is 59.1. The van der Waals surface area contributed by atoms with Crippen LogP contribution in [0.2, 0.25) is 10.0 Å². The molecule has 2 heterocycles. The number of halogens is 2. The van der Waals surface area contributed by atoms with Crippen molar-refractivity contribution in [3.8, 4) is 0 Å². The van der Waals surface area contributed by atoms with Crippen molar-refractivity contribution < 1.29 is 30.5 Å². The fourth-order valence-electron chi connectivity index (χ4n) is 3.69. The van der Waals surface area contributed by atoms with Crippen LogP contribution in [0.3, 0.4) is 0 Å². The Hall–Kier alpha value is -1.22. The third kappa shape index (κ3) is 6.96. The minimum Gasteiger partial charge on any atom is -0.335 e. The molecule has 0 fully saturated rings. The van der Waals surface area contributed by atoms with Crippen molar-refractivity contribution in [2.45, 2.75) is 24.3 Å². The number of aromatic nitrogens is 1. The van der Waals surface area contributed by atoms with Gasteiger partial charge in [0, 0.05) is 34.0 Å². The number of hydrogen-bond donors (Lipinski definition) is 2. The zero-order valence-corrected chi connectivity index (χ0v) is 22.9. The summed E-state index contributed by atoms with van der Waals surface area (Å²) in [4.78, 5) is 3.10. The molecule has 0 aliphatic carbocycles. The van der Waals surface area contributed by atoms with Gasteiger partial charge in [0.05, 0.1) is 29.2 Å². The van der Waals surface area contributed by atoms with Crippen LogP contribution in [-0.4, -0.2) is 40.6 Å². The Morgan fingerprint density at radius 2 is 1.89 bits per heavy atom. The summed E-state index contributed by atoms with van der Waals surface area (Å²) in [5, 5.41) is 2.98. The molecule has 0 bridgehead atoms. The first-order chi connectivity index (χ1) is 16.6. The van der Waals surface area contributed by atoms with Crippen LogP contribution in [0, 0.1) is 0 Å². The van der Waals surface area contributed by atoms with Crippen molar-refractivity contribution in [3.63, 3.8) is 0 Å². The SMILES string of the molecule is O=S(O)OCCCN1C(=Cc2sc3ccc(Cl)cc3[n+]2CCCS(=O)(=O)O)Sc2ccc(Cl)cc21. The van der Waals surface area contributed by atoms with Gasteiger partial charge in [0.2, 0.25) is 5.52 Å². The van der Waals surface area contributed by atoms with Gasteiger partial charge in [-0.05, 0) is 36.8 Å². The van der Waals surface area contributed by atoms with Gasteiger partial charge in [-0.2, -0.15) is 17.2 Å². The number of fused-ring (bicyclic) bond motifs is 2. The Morgan fingerprint density at radius 3 is 2.63 bits per heavy atom. The molecule has 0 radical (unpaired) electrons. The molecule has 2 N–H and O–H groups in total. The van der Waals surface area contributed by atoms with Crippen LogP contribution in [0.4, 0.5) is 5.69 Å². The highest BCUT2D eigenvalue weighted by atomic mass is 35.5. The zero-order chi connectivity index (χ0) is 25.2. The highest BCUT2D eigenvalue weighted by Gasteiger charge is 2.28. The number of nitrogens with zero attached hydrogens (tertiary/aromatic N) is 2. The molecule has 3 aromatic rings. The maximum absolute atomic E-state index is 11.3. The van der Waals surface area contributed by atoms with Crippen LogP contribution in [0.1, 0.15) is 17.8 Å². The molecule has 188 valence electrons. The molecule has 1 atom stereocenters. The van der Waals surface area contributed by atoms with E-state index in [1.54, 1.807) is 29.2 Å². The van der Waals surface area contributed by atoms with Gasteiger partial charge in [0.1, 0.15) is 4.70 Å². The minimum atomic E-state index is -4.07. The summed E-state index contributed by atoms with van der Waals surface area (Å²) in [7, 11) is -4.07. The van der Waals surface area contributed by atoms with Gasteiger partial charge >= 0.3 is 11.4 Å². The highest BCUT2D eigenvalue weighted by Crippen LogP contribution is 2.47. The maximum Gasteiger partial charge on any atom is 0.301 e. The van der Waals surface area contributed by atoms with E-state index in [-0.39, 0.29) is 18.8 Å². The topological polar surface area (TPSA) is 108 Å². The molecule has 0 saturated heterocycles.